The molecule has 158 valence electrons. The van der Waals surface area contributed by atoms with Crippen LogP contribution in [0.2, 0.25) is 0 Å². The molecule has 4 rings (SSSR count). The Balaban J connectivity index is 1.46. The lowest BCUT2D eigenvalue weighted by Gasteiger charge is -2.13. The number of fused-ring (bicyclic) bond motifs is 2. The van der Waals surface area contributed by atoms with E-state index in [4.69, 9.17) is 0 Å². The van der Waals surface area contributed by atoms with Crippen molar-refractivity contribution in [2.75, 3.05) is 0 Å². The summed E-state index contributed by atoms with van der Waals surface area (Å²) in [6, 6.07) is 14.5. The Morgan fingerprint density at radius 3 is 2.42 bits per heavy atom. The summed E-state index contributed by atoms with van der Waals surface area (Å²) in [6.45, 7) is 3.63. The van der Waals surface area contributed by atoms with E-state index in [1.54, 1.807) is 24.3 Å². The van der Waals surface area contributed by atoms with Gasteiger partial charge in [0.2, 0.25) is 5.91 Å². The highest BCUT2D eigenvalue weighted by Gasteiger charge is 2.18. The Morgan fingerprint density at radius 2 is 1.68 bits per heavy atom. The number of aryl methyl sites for hydroxylation is 1. The van der Waals surface area contributed by atoms with Crippen molar-refractivity contribution in [3.05, 3.63) is 76.3 Å². The van der Waals surface area contributed by atoms with Crippen molar-refractivity contribution in [2.24, 2.45) is 0 Å². The number of nitrogens with zero attached hydrogens (tertiary/aromatic N) is 2. The first kappa shape index (κ1) is 20.3. The summed E-state index contributed by atoms with van der Waals surface area (Å²) in [5, 5.41) is 6.15. The highest BCUT2D eigenvalue weighted by molar-refractivity contribution is 6.05. The van der Waals surface area contributed by atoms with Gasteiger partial charge in [-0.25, -0.2) is 4.68 Å². The van der Waals surface area contributed by atoms with Crippen molar-refractivity contribution < 1.29 is 9.59 Å². The summed E-state index contributed by atoms with van der Waals surface area (Å²) in [4.78, 5) is 40.8. The quantitative estimate of drug-likeness (QED) is 0.434. The molecule has 0 aliphatic carbocycles. The topological polar surface area (TPSA) is 109 Å². The first-order chi connectivity index (χ1) is 15.0. The molecule has 3 N–H and O–H groups in total. The van der Waals surface area contributed by atoms with Gasteiger partial charge in [-0.1, -0.05) is 36.4 Å². The number of para-hydroxylation sites is 1. The fourth-order valence-corrected chi connectivity index (χ4v) is 3.56. The molecule has 2 aromatic carbocycles. The summed E-state index contributed by atoms with van der Waals surface area (Å²) in [6.07, 6.45) is 2.63. The van der Waals surface area contributed by atoms with E-state index >= 15 is 0 Å². The second-order valence-corrected chi connectivity index (χ2v) is 7.60. The number of benzene rings is 2. The lowest BCUT2D eigenvalue weighted by Crippen LogP contribution is -2.43. The largest absolute Gasteiger partial charge is 0.361 e. The molecule has 0 bridgehead atoms. The maximum absolute atomic E-state index is 12.7. The number of amides is 2. The maximum atomic E-state index is 12.7. The lowest BCUT2D eigenvalue weighted by molar-refractivity contribution is -0.121. The molecule has 8 heteroatoms. The zero-order valence-corrected chi connectivity index (χ0v) is 17.3. The van der Waals surface area contributed by atoms with Crippen molar-refractivity contribution in [3.63, 3.8) is 0 Å². The zero-order chi connectivity index (χ0) is 22.0. The normalized spacial score (nSPS) is 11.2. The molecule has 0 aliphatic rings. The van der Waals surface area contributed by atoms with Crippen molar-refractivity contribution in [1.82, 2.24) is 25.6 Å². The summed E-state index contributed by atoms with van der Waals surface area (Å²) < 4.78 is 1.27. The van der Waals surface area contributed by atoms with E-state index in [-0.39, 0.29) is 29.6 Å². The van der Waals surface area contributed by atoms with E-state index in [0.29, 0.717) is 17.2 Å². The Bertz CT molecular complexity index is 1340. The van der Waals surface area contributed by atoms with E-state index in [2.05, 4.69) is 20.9 Å². The van der Waals surface area contributed by atoms with Gasteiger partial charge in [-0.05, 0) is 38.0 Å². The lowest BCUT2D eigenvalue weighted by atomic mass is 10.1. The minimum absolute atomic E-state index is 0.0841. The number of aromatic amines is 1. The summed E-state index contributed by atoms with van der Waals surface area (Å²) in [5.74, 6) is -0.897. The number of rotatable bonds is 5. The van der Waals surface area contributed by atoms with Gasteiger partial charge in [-0.3, -0.25) is 25.2 Å². The van der Waals surface area contributed by atoms with Crippen molar-refractivity contribution in [2.45, 2.75) is 32.7 Å². The van der Waals surface area contributed by atoms with Crippen molar-refractivity contribution in [3.8, 4) is 0 Å². The standard InChI is InChI=1S/C23H23N5O3/c1-14(2)28-23(31)18-9-4-3-8-17(18)21(27-28)22(30)26-25-20(29)12-11-15-13-24-19-10-6-5-7-16(15)19/h3-10,13-14,24H,11-12H2,1-2H3,(H,25,29)(H,26,30). The van der Waals surface area contributed by atoms with Crippen LogP contribution in [0.5, 0.6) is 0 Å². The fourth-order valence-electron chi connectivity index (χ4n) is 3.56. The van der Waals surface area contributed by atoms with Crippen LogP contribution < -0.4 is 16.4 Å². The minimum atomic E-state index is -0.578. The Morgan fingerprint density at radius 1 is 1.00 bits per heavy atom. The molecule has 2 amide bonds. The third kappa shape index (κ3) is 4.05. The first-order valence-electron chi connectivity index (χ1n) is 10.1. The van der Waals surface area contributed by atoms with E-state index in [9.17, 15) is 14.4 Å². The molecule has 0 saturated carbocycles. The van der Waals surface area contributed by atoms with E-state index in [1.165, 1.54) is 4.68 Å². The second-order valence-electron chi connectivity index (χ2n) is 7.60. The van der Waals surface area contributed by atoms with Gasteiger partial charge in [-0.2, -0.15) is 5.10 Å². The van der Waals surface area contributed by atoms with Crippen LogP contribution in [0.15, 0.2) is 59.5 Å². The first-order valence-corrected chi connectivity index (χ1v) is 10.1. The van der Waals surface area contributed by atoms with Gasteiger partial charge < -0.3 is 4.98 Å². The van der Waals surface area contributed by atoms with Gasteiger partial charge in [0.15, 0.2) is 5.69 Å². The van der Waals surface area contributed by atoms with Gasteiger partial charge in [0.1, 0.15) is 0 Å². The summed E-state index contributed by atoms with van der Waals surface area (Å²) in [5.41, 5.74) is 6.74. The highest BCUT2D eigenvalue weighted by Crippen LogP contribution is 2.19. The molecule has 8 nitrogen and oxygen atoms in total. The summed E-state index contributed by atoms with van der Waals surface area (Å²) in [7, 11) is 0. The number of nitrogens with one attached hydrogen (secondary N) is 3. The van der Waals surface area contributed by atoms with E-state index in [0.717, 1.165) is 16.5 Å². The number of H-pyrrole nitrogens is 1. The van der Waals surface area contributed by atoms with Gasteiger partial charge in [0.25, 0.3) is 11.5 Å². The number of hydrogen-bond acceptors (Lipinski definition) is 4. The van der Waals surface area contributed by atoms with Crippen LogP contribution >= 0.6 is 0 Å². The fraction of sp³-hybridized carbons (Fsp3) is 0.217. The number of carbonyl (C=O) groups is 2. The molecule has 2 aromatic heterocycles. The molecule has 2 heterocycles. The van der Waals surface area contributed by atoms with Crippen molar-refractivity contribution in [1.29, 1.82) is 0 Å². The highest BCUT2D eigenvalue weighted by atomic mass is 16.2. The average molecular weight is 417 g/mol. The summed E-state index contributed by atoms with van der Waals surface area (Å²) >= 11 is 0. The van der Waals surface area contributed by atoms with Crippen LogP contribution in [-0.2, 0) is 11.2 Å². The molecular weight excluding hydrogens is 394 g/mol. The smallest absolute Gasteiger partial charge is 0.290 e. The van der Waals surface area contributed by atoms with Crippen LogP contribution in [0.25, 0.3) is 21.7 Å². The molecule has 0 saturated heterocycles. The molecule has 0 spiro atoms. The number of aromatic nitrogens is 3. The van der Waals surface area contributed by atoms with Gasteiger partial charge in [0, 0.05) is 28.9 Å². The van der Waals surface area contributed by atoms with Crippen LogP contribution in [-0.4, -0.2) is 26.6 Å². The molecular formula is C23H23N5O3. The van der Waals surface area contributed by atoms with Crippen LogP contribution in [0.1, 0.15) is 42.4 Å². The molecule has 0 aliphatic heterocycles. The molecule has 31 heavy (non-hydrogen) atoms. The Hall–Kier alpha value is -3.94. The van der Waals surface area contributed by atoms with Gasteiger partial charge >= 0.3 is 0 Å². The molecule has 0 radical (unpaired) electrons. The predicted octanol–water partition coefficient (Wildman–Crippen LogP) is 2.85. The third-order valence-corrected chi connectivity index (χ3v) is 5.14. The number of hydrogen-bond donors (Lipinski definition) is 3. The maximum Gasteiger partial charge on any atom is 0.290 e. The van der Waals surface area contributed by atoms with E-state index in [1.807, 2.05) is 44.3 Å². The van der Waals surface area contributed by atoms with Crippen LogP contribution in [0, 0.1) is 0 Å². The zero-order valence-electron chi connectivity index (χ0n) is 17.3. The van der Waals surface area contributed by atoms with Gasteiger partial charge in [0.05, 0.1) is 11.4 Å². The average Bonchev–Trinajstić information content (AvgIpc) is 3.19. The predicted molar refractivity (Wildman–Crippen MR) is 119 cm³/mol. The Labute approximate surface area is 178 Å². The molecule has 0 atom stereocenters. The van der Waals surface area contributed by atoms with Crippen molar-refractivity contribution >= 4 is 33.5 Å². The second kappa shape index (κ2) is 8.43. The molecule has 4 aromatic rings. The number of carbonyl (C=O) groups excluding carboxylic acids is 2. The minimum Gasteiger partial charge on any atom is -0.361 e. The van der Waals surface area contributed by atoms with Crippen LogP contribution in [0.3, 0.4) is 0 Å². The number of hydrazine groups is 1. The monoisotopic (exact) mass is 417 g/mol. The third-order valence-electron chi connectivity index (χ3n) is 5.14. The van der Waals surface area contributed by atoms with E-state index < -0.39 is 5.91 Å². The van der Waals surface area contributed by atoms with Gasteiger partial charge in [-0.15, -0.1) is 0 Å². The molecule has 0 fully saturated rings. The Kier molecular flexibility index (Phi) is 5.53. The van der Waals surface area contributed by atoms with Crippen LogP contribution in [0.4, 0.5) is 0 Å². The molecule has 0 unspecified atom stereocenters. The SMILES string of the molecule is CC(C)n1nc(C(=O)NNC(=O)CCc2c[nH]c3ccccc23)c2ccccc2c1=O.